The Morgan fingerprint density at radius 3 is 2.30 bits per heavy atom. The zero-order chi connectivity index (χ0) is 23.9. The van der Waals surface area contributed by atoms with E-state index in [-0.39, 0.29) is 40.5 Å². The lowest BCUT2D eigenvalue weighted by Crippen LogP contribution is -2.66. The number of primary amides is 1. The number of halogens is 2. The monoisotopic (exact) mass is 496 g/mol. The number of phenols is 2. The van der Waals surface area contributed by atoms with Crippen molar-refractivity contribution in [3.8, 4) is 11.5 Å². The van der Waals surface area contributed by atoms with Gasteiger partial charge in [0.15, 0.2) is 5.60 Å². The van der Waals surface area contributed by atoms with Crippen molar-refractivity contribution in [2.24, 2.45) is 11.7 Å². The third-order valence-corrected chi connectivity index (χ3v) is 6.88. The van der Waals surface area contributed by atoms with Crippen LogP contribution in [0.3, 0.4) is 0 Å². The molecule has 0 radical (unpaired) electrons. The highest BCUT2D eigenvalue weighted by molar-refractivity contribution is 6.37. The molecule has 2 aliphatic rings. The van der Waals surface area contributed by atoms with Crippen molar-refractivity contribution in [3.63, 3.8) is 0 Å². The number of carbonyl (C=O) groups is 3. The minimum Gasteiger partial charge on any atom is -0.510 e. The zero-order valence-electron chi connectivity index (χ0n) is 17.8. The number of aliphatic hydroxyl groups excluding tert-OH is 1. The highest BCUT2D eigenvalue weighted by atomic mass is 35.5. The summed E-state index contributed by atoms with van der Waals surface area (Å²) in [5.74, 6) is -6.54. The molecule has 0 aliphatic heterocycles. The molecule has 9 nitrogen and oxygen atoms in total. The van der Waals surface area contributed by atoms with Gasteiger partial charge in [-0.15, -0.1) is 12.4 Å². The van der Waals surface area contributed by atoms with Crippen LogP contribution in [0.15, 0.2) is 23.5 Å². The number of ketones is 2. The van der Waals surface area contributed by atoms with Crippen LogP contribution in [0.5, 0.6) is 11.5 Å². The van der Waals surface area contributed by atoms with Gasteiger partial charge in [0.25, 0.3) is 5.91 Å². The van der Waals surface area contributed by atoms with Gasteiger partial charge in [-0.3, -0.25) is 19.3 Å². The topological polar surface area (TPSA) is 161 Å². The number of nitrogens with two attached hydrogens (primary N) is 1. The fourth-order valence-corrected chi connectivity index (χ4v) is 5.40. The molecule has 4 rings (SSSR count). The molecule has 0 spiro atoms. The van der Waals surface area contributed by atoms with E-state index < -0.39 is 52.1 Å². The van der Waals surface area contributed by atoms with Crippen molar-refractivity contribution in [2.45, 2.75) is 25.0 Å². The minimum atomic E-state index is -2.76. The number of Topliss-reactive ketones (excluding diaryl/α,β-unsaturated/α-hetero) is 2. The van der Waals surface area contributed by atoms with E-state index in [1.807, 2.05) is 0 Å². The molecule has 11 heteroatoms. The van der Waals surface area contributed by atoms with E-state index in [0.29, 0.717) is 16.5 Å². The normalized spacial score (nSPS) is 24.5. The number of rotatable bonds is 2. The minimum absolute atomic E-state index is 0. The molecule has 3 atom stereocenters. The van der Waals surface area contributed by atoms with Crippen LogP contribution < -0.4 is 5.73 Å². The number of benzene rings is 2. The predicted octanol–water partition coefficient (Wildman–Crippen LogP) is 1.53. The maximum atomic E-state index is 13.6. The molecular weight excluding hydrogens is 475 g/mol. The maximum absolute atomic E-state index is 13.6. The summed E-state index contributed by atoms with van der Waals surface area (Å²) in [5.41, 5.74) is 2.10. The van der Waals surface area contributed by atoms with Gasteiger partial charge >= 0.3 is 0 Å². The van der Waals surface area contributed by atoms with Gasteiger partial charge in [0.1, 0.15) is 22.8 Å². The van der Waals surface area contributed by atoms with Gasteiger partial charge < -0.3 is 26.2 Å². The number of phenolic OH excluding ortho intramolecular Hbond substituents is 2. The lowest BCUT2D eigenvalue weighted by Gasteiger charge is -2.47. The van der Waals surface area contributed by atoms with Gasteiger partial charge in [0.05, 0.1) is 17.0 Å². The summed E-state index contributed by atoms with van der Waals surface area (Å²) < 4.78 is 0. The largest absolute Gasteiger partial charge is 0.510 e. The Bertz CT molecular complexity index is 1290. The summed E-state index contributed by atoms with van der Waals surface area (Å²) in [6, 6.07) is 1.61. The Labute approximate surface area is 199 Å². The fourth-order valence-electron chi connectivity index (χ4n) is 5.10. The molecule has 0 heterocycles. The number of aliphatic hydroxyl groups is 2. The first kappa shape index (κ1) is 24.8. The first-order chi connectivity index (χ1) is 14.8. The molecule has 2 aromatic carbocycles. The van der Waals surface area contributed by atoms with Crippen LogP contribution in [0.25, 0.3) is 10.8 Å². The Morgan fingerprint density at radius 1 is 1.15 bits per heavy atom. The molecular formula is C22H22Cl2N2O7. The van der Waals surface area contributed by atoms with Crippen LogP contribution in [0.1, 0.15) is 21.5 Å². The average molecular weight is 497 g/mol. The molecule has 0 fully saturated rings. The molecule has 0 unspecified atom stereocenters. The quantitative estimate of drug-likeness (QED) is 0.308. The van der Waals surface area contributed by atoms with Gasteiger partial charge in [-0.2, -0.15) is 0 Å². The first-order valence-electron chi connectivity index (χ1n) is 9.72. The van der Waals surface area contributed by atoms with Crippen LogP contribution in [0.2, 0.25) is 5.02 Å². The van der Waals surface area contributed by atoms with E-state index in [0.717, 1.165) is 0 Å². The van der Waals surface area contributed by atoms with Crippen molar-refractivity contribution in [2.75, 3.05) is 14.1 Å². The van der Waals surface area contributed by atoms with Crippen molar-refractivity contribution in [1.82, 2.24) is 4.90 Å². The Hall–Kier alpha value is -2.85. The van der Waals surface area contributed by atoms with E-state index >= 15 is 0 Å². The molecule has 0 aromatic heterocycles. The summed E-state index contributed by atoms with van der Waals surface area (Å²) in [7, 11) is 3.10. The second-order valence-corrected chi connectivity index (χ2v) is 8.82. The summed E-state index contributed by atoms with van der Waals surface area (Å²) >= 11 is 6.31. The summed E-state index contributed by atoms with van der Waals surface area (Å²) in [4.78, 5) is 40.2. The standard InChI is InChI=1S/C22H21ClN2O7.ClH/c1-7-8-6-9-16(25(2)3)18(28)15(21(24)31)20(30)22(9,32)19(29)13(8)17(27)14-11(26)5-4-10(23)12(7)14;/h4-5,9,16,26-28,32H,6H2,1-3H3,(H2,24,31);1H/t9-,16-,22-;/m0./s1. The molecule has 33 heavy (non-hydrogen) atoms. The number of aryl methyl sites for hydroxylation is 1. The summed E-state index contributed by atoms with van der Waals surface area (Å²) in [5, 5.41) is 43.9. The lowest BCUT2D eigenvalue weighted by atomic mass is 9.60. The SMILES string of the molecule is Cc1c2c(c(O)c3c(O)ccc(Cl)c13)C(=O)[C@]1(O)C(=O)C(C(N)=O)=C(O)[C@@H](N(C)C)[C@@H]1C2.Cl. The van der Waals surface area contributed by atoms with Crippen LogP contribution in [0, 0.1) is 12.8 Å². The van der Waals surface area contributed by atoms with Crippen LogP contribution in [-0.2, 0) is 16.0 Å². The second kappa shape index (κ2) is 7.88. The fraction of sp³-hybridized carbons (Fsp3) is 0.318. The number of carbonyl (C=O) groups excluding carboxylic acids is 3. The van der Waals surface area contributed by atoms with E-state index in [2.05, 4.69) is 0 Å². The maximum Gasteiger partial charge on any atom is 0.255 e. The third kappa shape index (κ3) is 3.03. The van der Waals surface area contributed by atoms with Gasteiger partial charge in [-0.1, -0.05) is 11.6 Å². The average Bonchev–Trinajstić information content (AvgIpc) is 2.69. The van der Waals surface area contributed by atoms with E-state index in [1.54, 1.807) is 21.0 Å². The number of aromatic hydroxyl groups is 2. The van der Waals surface area contributed by atoms with Crippen LogP contribution in [0.4, 0.5) is 0 Å². The van der Waals surface area contributed by atoms with Gasteiger partial charge in [-0.25, -0.2) is 0 Å². The third-order valence-electron chi connectivity index (χ3n) is 6.56. The number of likely N-dealkylation sites (N-methyl/N-ethyl adjacent to an activating group) is 1. The molecule has 0 saturated carbocycles. The number of nitrogens with zero attached hydrogens (tertiary/aromatic N) is 1. The van der Waals surface area contributed by atoms with Crippen molar-refractivity contribution >= 4 is 52.3 Å². The number of hydrogen-bond donors (Lipinski definition) is 5. The highest BCUT2D eigenvalue weighted by Crippen LogP contribution is 2.51. The Balaban J connectivity index is 0.00000306. The van der Waals surface area contributed by atoms with E-state index in [4.69, 9.17) is 17.3 Å². The molecule has 0 saturated heterocycles. The van der Waals surface area contributed by atoms with Gasteiger partial charge in [0, 0.05) is 16.3 Å². The van der Waals surface area contributed by atoms with Crippen molar-refractivity contribution in [3.05, 3.63) is 45.2 Å². The predicted molar refractivity (Wildman–Crippen MR) is 122 cm³/mol. The van der Waals surface area contributed by atoms with E-state index in [1.165, 1.54) is 17.0 Å². The molecule has 0 bridgehead atoms. The van der Waals surface area contributed by atoms with Gasteiger partial charge in [0.2, 0.25) is 11.6 Å². The molecule has 2 aliphatic carbocycles. The lowest BCUT2D eigenvalue weighted by molar-refractivity contribution is -0.140. The highest BCUT2D eigenvalue weighted by Gasteiger charge is 2.63. The molecule has 176 valence electrons. The van der Waals surface area contributed by atoms with Crippen LogP contribution >= 0.6 is 24.0 Å². The zero-order valence-corrected chi connectivity index (χ0v) is 19.4. The smallest absolute Gasteiger partial charge is 0.255 e. The second-order valence-electron chi connectivity index (χ2n) is 8.41. The number of fused-ring (bicyclic) bond motifs is 3. The summed E-state index contributed by atoms with van der Waals surface area (Å²) in [6.45, 7) is 1.64. The Kier molecular flexibility index (Phi) is 5.92. The van der Waals surface area contributed by atoms with Crippen molar-refractivity contribution in [1.29, 1.82) is 0 Å². The van der Waals surface area contributed by atoms with Crippen molar-refractivity contribution < 1.29 is 34.8 Å². The molecule has 6 N–H and O–H groups in total. The molecule has 1 amide bonds. The van der Waals surface area contributed by atoms with Gasteiger partial charge in [-0.05, 0) is 50.7 Å². The number of hydrogen-bond acceptors (Lipinski definition) is 8. The molecule has 2 aromatic rings. The Morgan fingerprint density at radius 2 is 1.76 bits per heavy atom. The number of amides is 1. The van der Waals surface area contributed by atoms with E-state index in [9.17, 15) is 34.8 Å². The van der Waals surface area contributed by atoms with Crippen LogP contribution in [-0.4, -0.2) is 68.5 Å². The summed E-state index contributed by atoms with van der Waals surface area (Å²) in [6.07, 6.45) is -0.108. The first-order valence-corrected chi connectivity index (χ1v) is 10.1.